The zero-order valence-corrected chi connectivity index (χ0v) is 9.82. The largest absolute Gasteiger partial charge is 0.330 e. The van der Waals surface area contributed by atoms with Crippen LogP contribution in [-0.2, 0) is 13.5 Å². The molecule has 1 rings (SSSR count). The zero-order valence-electron chi connectivity index (χ0n) is 9.82. The first-order chi connectivity index (χ1) is 7.26. The van der Waals surface area contributed by atoms with E-state index in [1.165, 1.54) is 5.56 Å². The molecular formula is C11H22N4. The average molecular weight is 210 g/mol. The Labute approximate surface area is 92.1 Å². The molecule has 1 heterocycles. The zero-order chi connectivity index (χ0) is 11.1. The normalized spacial score (nSPS) is 11.2. The van der Waals surface area contributed by atoms with Crippen LogP contribution in [0.15, 0.2) is 12.4 Å². The highest BCUT2D eigenvalue weighted by Gasteiger charge is 2.03. The Bertz CT molecular complexity index is 269. The lowest BCUT2D eigenvalue weighted by molar-refractivity contribution is 0.290. The maximum absolute atomic E-state index is 5.50. The molecule has 0 aliphatic rings. The molecule has 0 bridgehead atoms. The lowest BCUT2D eigenvalue weighted by Crippen LogP contribution is -2.28. The molecule has 0 radical (unpaired) electrons. The highest BCUT2D eigenvalue weighted by molar-refractivity contribution is 5.03. The summed E-state index contributed by atoms with van der Waals surface area (Å²) in [6.07, 6.45) is 6.18. The molecule has 1 aromatic heterocycles. The monoisotopic (exact) mass is 210 g/mol. The maximum atomic E-state index is 5.50. The van der Waals surface area contributed by atoms with Gasteiger partial charge in [-0.25, -0.2) is 0 Å². The smallest absolute Gasteiger partial charge is 0.0522 e. The Morgan fingerprint density at radius 2 is 2.27 bits per heavy atom. The van der Waals surface area contributed by atoms with E-state index in [1.54, 1.807) is 0 Å². The van der Waals surface area contributed by atoms with Gasteiger partial charge in [-0.1, -0.05) is 6.92 Å². The van der Waals surface area contributed by atoms with Crippen molar-refractivity contribution in [2.75, 3.05) is 26.2 Å². The third-order valence-corrected chi connectivity index (χ3v) is 2.60. The standard InChI is InChI=1S/C11H22N4/c1-3-15(7-4-6-12)8-5-11-9-13-14(2)10-11/h9-10H,3-8,12H2,1-2H3. The van der Waals surface area contributed by atoms with Gasteiger partial charge in [0.2, 0.25) is 0 Å². The molecule has 2 N–H and O–H groups in total. The van der Waals surface area contributed by atoms with Gasteiger partial charge in [0, 0.05) is 19.8 Å². The summed E-state index contributed by atoms with van der Waals surface area (Å²) in [5, 5.41) is 4.16. The third-order valence-electron chi connectivity index (χ3n) is 2.60. The minimum absolute atomic E-state index is 0.781. The van der Waals surface area contributed by atoms with Gasteiger partial charge < -0.3 is 10.6 Å². The van der Waals surface area contributed by atoms with E-state index in [-0.39, 0.29) is 0 Å². The molecule has 4 heteroatoms. The van der Waals surface area contributed by atoms with Gasteiger partial charge in [-0.15, -0.1) is 0 Å². The van der Waals surface area contributed by atoms with Gasteiger partial charge in [-0.2, -0.15) is 5.10 Å². The molecule has 86 valence electrons. The molecule has 0 aliphatic heterocycles. The summed E-state index contributed by atoms with van der Waals surface area (Å²) in [6, 6.07) is 0. The molecule has 4 nitrogen and oxygen atoms in total. The summed E-state index contributed by atoms with van der Waals surface area (Å²) in [7, 11) is 1.95. The van der Waals surface area contributed by atoms with Crippen molar-refractivity contribution in [2.45, 2.75) is 19.8 Å². The predicted molar refractivity (Wildman–Crippen MR) is 62.7 cm³/mol. The number of likely N-dealkylation sites (N-methyl/N-ethyl adjacent to an activating group) is 1. The van der Waals surface area contributed by atoms with Crippen molar-refractivity contribution in [1.29, 1.82) is 0 Å². The fourth-order valence-electron chi connectivity index (χ4n) is 1.63. The molecule has 15 heavy (non-hydrogen) atoms. The van der Waals surface area contributed by atoms with Gasteiger partial charge in [0.15, 0.2) is 0 Å². The quantitative estimate of drug-likeness (QED) is 0.718. The Hall–Kier alpha value is -0.870. The summed E-state index contributed by atoms with van der Waals surface area (Å²) < 4.78 is 1.85. The van der Waals surface area contributed by atoms with E-state index in [0.29, 0.717) is 0 Å². The minimum Gasteiger partial charge on any atom is -0.330 e. The molecule has 0 spiro atoms. The first kappa shape index (κ1) is 12.2. The molecule has 0 amide bonds. The number of rotatable bonds is 7. The number of aromatic nitrogens is 2. The molecule has 0 atom stereocenters. The van der Waals surface area contributed by atoms with E-state index < -0.39 is 0 Å². The average Bonchev–Trinajstić information content (AvgIpc) is 2.65. The number of hydrogen-bond acceptors (Lipinski definition) is 3. The first-order valence-electron chi connectivity index (χ1n) is 5.66. The van der Waals surface area contributed by atoms with Crippen LogP contribution in [0.5, 0.6) is 0 Å². The van der Waals surface area contributed by atoms with Gasteiger partial charge in [-0.3, -0.25) is 4.68 Å². The van der Waals surface area contributed by atoms with Crippen LogP contribution in [0.4, 0.5) is 0 Å². The SMILES string of the molecule is CCN(CCCN)CCc1cnn(C)c1. The van der Waals surface area contributed by atoms with Crippen molar-refractivity contribution in [2.24, 2.45) is 12.8 Å². The van der Waals surface area contributed by atoms with Crippen LogP contribution in [0.1, 0.15) is 18.9 Å². The van der Waals surface area contributed by atoms with Crippen LogP contribution < -0.4 is 5.73 Å². The molecule has 0 aliphatic carbocycles. The highest BCUT2D eigenvalue weighted by Crippen LogP contribution is 2.00. The summed E-state index contributed by atoms with van der Waals surface area (Å²) in [5.41, 5.74) is 6.81. The van der Waals surface area contributed by atoms with Crippen molar-refractivity contribution in [3.05, 3.63) is 18.0 Å². The minimum atomic E-state index is 0.781. The van der Waals surface area contributed by atoms with E-state index in [1.807, 2.05) is 17.9 Å². The second-order valence-corrected chi connectivity index (χ2v) is 3.85. The maximum Gasteiger partial charge on any atom is 0.0522 e. The molecule has 0 aromatic carbocycles. The van der Waals surface area contributed by atoms with Crippen LogP contribution in [0, 0.1) is 0 Å². The van der Waals surface area contributed by atoms with Crippen molar-refractivity contribution in [3.63, 3.8) is 0 Å². The van der Waals surface area contributed by atoms with E-state index in [2.05, 4.69) is 23.1 Å². The van der Waals surface area contributed by atoms with Crippen LogP contribution in [-0.4, -0.2) is 40.9 Å². The van der Waals surface area contributed by atoms with Gasteiger partial charge >= 0.3 is 0 Å². The fraction of sp³-hybridized carbons (Fsp3) is 0.727. The van der Waals surface area contributed by atoms with Gasteiger partial charge in [-0.05, 0) is 38.0 Å². The molecular weight excluding hydrogens is 188 g/mol. The van der Waals surface area contributed by atoms with Crippen molar-refractivity contribution < 1.29 is 0 Å². The van der Waals surface area contributed by atoms with Crippen molar-refractivity contribution in [3.8, 4) is 0 Å². The van der Waals surface area contributed by atoms with E-state index in [4.69, 9.17) is 5.73 Å². The third kappa shape index (κ3) is 4.44. The summed E-state index contributed by atoms with van der Waals surface area (Å²) in [4.78, 5) is 2.43. The van der Waals surface area contributed by atoms with Gasteiger partial charge in [0.1, 0.15) is 0 Å². The fourth-order valence-corrected chi connectivity index (χ4v) is 1.63. The van der Waals surface area contributed by atoms with E-state index >= 15 is 0 Å². The molecule has 0 fully saturated rings. The predicted octanol–water partition coefficient (Wildman–Crippen LogP) is 0.633. The Morgan fingerprint density at radius 3 is 2.80 bits per heavy atom. The number of nitrogens with two attached hydrogens (primary N) is 1. The van der Waals surface area contributed by atoms with Crippen molar-refractivity contribution >= 4 is 0 Å². The Balaban J connectivity index is 2.27. The highest BCUT2D eigenvalue weighted by atomic mass is 15.2. The van der Waals surface area contributed by atoms with Gasteiger partial charge in [0.05, 0.1) is 6.20 Å². The second-order valence-electron chi connectivity index (χ2n) is 3.85. The lowest BCUT2D eigenvalue weighted by atomic mass is 10.2. The molecule has 0 unspecified atom stereocenters. The second kappa shape index (κ2) is 6.58. The van der Waals surface area contributed by atoms with Crippen LogP contribution in [0.2, 0.25) is 0 Å². The summed E-state index contributed by atoms with van der Waals surface area (Å²) >= 11 is 0. The van der Waals surface area contributed by atoms with Gasteiger partial charge in [0.25, 0.3) is 0 Å². The van der Waals surface area contributed by atoms with Crippen LogP contribution in [0.3, 0.4) is 0 Å². The first-order valence-corrected chi connectivity index (χ1v) is 5.66. The molecule has 0 saturated heterocycles. The molecule has 0 saturated carbocycles. The topological polar surface area (TPSA) is 47.1 Å². The van der Waals surface area contributed by atoms with E-state index in [9.17, 15) is 0 Å². The van der Waals surface area contributed by atoms with Crippen molar-refractivity contribution in [1.82, 2.24) is 14.7 Å². The Morgan fingerprint density at radius 1 is 1.47 bits per heavy atom. The summed E-state index contributed by atoms with van der Waals surface area (Å²) in [6.45, 7) is 6.28. The number of hydrogen-bond donors (Lipinski definition) is 1. The number of nitrogens with zero attached hydrogens (tertiary/aromatic N) is 3. The lowest BCUT2D eigenvalue weighted by Gasteiger charge is -2.19. The van der Waals surface area contributed by atoms with Crippen LogP contribution in [0.25, 0.3) is 0 Å². The molecule has 1 aromatic rings. The Kier molecular flexibility index (Phi) is 5.36. The van der Waals surface area contributed by atoms with Crippen LogP contribution >= 0.6 is 0 Å². The summed E-state index contributed by atoms with van der Waals surface area (Å²) in [5.74, 6) is 0. The van der Waals surface area contributed by atoms with E-state index in [0.717, 1.165) is 39.0 Å². The number of aryl methyl sites for hydroxylation is 1.